The SMILES string of the molecule is Cc1ccnc(-c2ccc(C[C@H](NC(=O)[C@@H](NC(=O)O)C(C)(C)C)[C@H](O)C[C@H](Cc3ccccc3)NC(=O)[C@@H](N3CCN(Cc4cccc(C)n4)C3=O)C(C)(C)C)cc2)c1. The lowest BCUT2D eigenvalue weighted by atomic mass is 9.84. The summed E-state index contributed by atoms with van der Waals surface area (Å²) in [6.45, 7) is 16.1. The Morgan fingerprint density at radius 3 is 2.08 bits per heavy atom. The summed E-state index contributed by atoms with van der Waals surface area (Å²) in [6.07, 6.45) is -0.155. The minimum absolute atomic E-state index is 0.0411. The van der Waals surface area contributed by atoms with Gasteiger partial charge in [-0.25, -0.2) is 9.59 Å². The normalized spacial score (nSPS) is 15.8. The number of amides is 5. The maximum atomic E-state index is 14.6. The molecule has 0 spiro atoms. The zero-order valence-electron chi connectivity index (χ0n) is 36.1. The third-order valence-corrected chi connectivity index (χ3v) is 10.8. The minimum Gasteiger partial charge on any atom is -0.465 e. The largest absolute Gasteiger partial charge is 0.465 e. The molecule has 13 nitrogen and oxygen atoms in total. The molecule has 5 amide bonds. The first-order valence-electron chi connectivity index (χ1n) is 20.6. The highest BCUT2D eigenvalue weighted by Crippen LogP contribution is 2.29. The predicted molar refractivity (Wildman–Crippen MR) is 232 cm³/mol. The number of nitrogens with one attached hydrogen (secondary N) is 3. The number of nitrogens with zero attached hydrogens (tertiary/aromatic N) is 4. The van der Waals surface area contributed by atoms with E-state index in [2.05, 4.69) is 25.9 Å². The molecule has 5 N–H and O–H groups in total. The number of aromatic nitrogens is 2. The molecule has 4 aromatic rings. The Hall–Kier alpha value is -5.82. The lowest BCUT2D eigenvalue weighted by molar-refractivity contribution is -0.130. The molecule has 0 unspecified atom stereocenters. The summed E-state index contributed by atoms with van der Waals surface area (Å²) in [5, 5.41) is 30.3. The fraction of sp³-hybridized carbons (Fsp3) is 0.447. The molecule has 3 heterocycles. The van der Waals surface area contributed by atoms with Gasteiger partial charge in [0.2, 0.25) is 11.8 Å². The summed E-state index contributed by atoms with van der Waals surface area (Å²) in [5.41, 5.74) is 4.75. The first kappa shape index (κ1) is 45.3. The highest BCUT2D eigenvalue weighted by molar-refractivity contribution is 5.89. The number of rotatable bonds is 16. The van der Waals surface area contributed by atoms with Crippen molar-refractivity contribution in [2.75, 3.05) is 13.1 Å². The van der Waals surface area contributed by atoms with Crippen molar-refractivity contribution in [3.8, 4) is 11.3 Å². The highest BCUT2D eigenvalue weighted by atomic mass is 16.4. The smallest absolute Gasteiger partial charge is 0.405 e. The van der Waals surface area contributed by atoms with Crippen molar-refractivity contribution in [2.24, 2.45) is 10.8 Å². The van der Waals surface area contributed by atoms with Crippen LogP contribution in [0.1, 0.15) is 76.0 Å². The number of urea groups is 1. The molecular weight excluding hydrogens is 759 g/mol. The van der Waals surface area contributed by atoms with Crippen molar-refractivity contribution >= 4 is 23.9 Å². The summed E-state index contributed by atoms with van der Waals surface area (Å²) in [7, 11) is 0. The van der Waals surface area contributed by atoms with Crippen LogP contribution in [0.3, 0.4) is 0 Å². The maximum absolute atomic E-state index is 14.6. The molecule has 320 valence electrons. The molecule has 1 fully saturated rings. The fourth-order valence-corrected chi connectivity index (χ4v) is 7.81. The molecule has 0 radical (unpaired) electrons. The van der Waals surface area contributed by atoms with E-state index < -0.39 is 53.1 Å². The number of hydrogen-bond donors (Lipinski definition) is 5. The predicted octanol–water partition coefficient (Wildman–Crippen LogP) is 6.30. The van der Waals surface area contributed by atoms with Gasteiger partial charge < -0.3 is 36.0 Å². The van der Waals surface area contributed by atoms with Crippen molar-refractivity contribution in [1.29, 1.82) is 0 Å². The molecular formula is C47H61N7O6. The number of aliphatic hydroxyl groups excluding tert-OH is 1. The van der Waals surface area contributed by atoms with Crippen molar-refractivity contribution in [3.63, 3.8) is 0 Å². The second kappa shape index (κ2) is 19.5. The average molecular weight is 820 g/mol. The molecule has 13 heteroatoms. The van der Waals surface area contributed by atoms with Gasteiger partial charge in [-0.1, -0.05) is 102 Å². The molecule has 1 aliphatic heterocycles. The van der Waals surface area contributed by atoms with E-state index in [0.29, 0.717) is 26.1 Å². The first-order valence-corrected chi connectivity index (χ1v) is 20.6. The summed E-state index contributed by atoms with van der Waals surface area (Å²) in [5.74, 6) is -0.928. The number of carboxylic acid groups (broad SMARTS) is 1. The number of hydrogen-bond acceptors (Lipinski definition) is 7. The van der Waals surface area contributed by atoms with Gasteiger partial charge in [0.25, 0.3) is 0 Å². The zero-order chi connectivity index (χ0) is 43.8. The number of carbonyl (C=O) groups is 4. The molecule has 2 aromatic carbocycles. The molecule has 5 rings (SSSR count). The van der Waals surface area contributed by atoms with Crippen LogP contribution in [0.2, 0.25) is 0 Å². The number of pyridine rings is 2. The van der Waals surface area contributed by atoms with Crippen molar-refractivity contribution in [3.05, 3.63) is 119 Å². The van der Waals surface area contributed by atoms with Gasteiger partial charge in [0.15, 0.2) is 0 Å². The summed E-state index contributed by atoms with van der Waals surface area (Å²) in [4.78, 5) is 66.6. The van der Waals surface area contributed by atoms with Crippen molar-refractivity contribution in [2.45, 2.75) is 111 Å². The van der Waals surface area contributed by atoms with E-state index in [1.54, 1.807) is 36.8 Å². The Labute approximate surface area is 354 Å². The topological polar surface area (TPSA) is 177 Å². The average Bonchev–Trinajstić information content (AvgIpc) is 3.51. The molecule has 1 aliphatic rings. The summed E-state index contributed by atoms with van der Waals surface area (Å²) >= 11 is 0. The van der Waals surface area contributed by atoms with Crippen LogP contribution in [-0.4, -0.2) is 97.3 Å². The van der Waals surface area contributed by atoms with Gasteiger partial charge in [-0.2, -0.15) is 0 Å². The summed E-state index contributed by atoms with van der Waals surface area (Å²) < 4.78 is 0. The van der Waals surface area contributed by atoms with Crippen LogP contribution in [0.5, 0.6) is 0 Å². The molecule has 5 atom stereocenters. The molecule has 0 saturated carbocycles. The Bertz CT molecular complexity index is 2100. The molecule has 1 saturated heterocycles. The molecule has 2 aromatic heterocycles. The van der Waals surface area contributed by atoms with Gasteiger partial charge >= 0.3 is 12.1 Å². The van der Waals surface area contributed by atoms with E-state index in [-0.39, 0.29) is 24.8 Å². The Kier molecular flexibility index (Phi) is 14.7. The van der Waals surface area contributed by atoms with E-state index in [4.69, 9.17) is 0 Å². The van der Waals surface area contributed by atoms with Crippen LogP contribution in [0.15, 0.2) is 91.1 Å². The minimum atomic E-state index is -1.34. The van der Waals surface area contributed by atoms with Gasteiger partial charge in [0.1, 0.15) is 12.1 Å². The maximum Gasteiger partial charge on any atom is 0.405 e. The molecule has 60 heavy (non-hydrogen) atoms. The number of carbonyl (C=O) groups excluding carboxylic acids is 3. The van der Waals surface area contributed by atoms with Crippen LogP contribution in [0, 0.1) is 24.7 Å². The zero-order valence-corrected chi connectivity index (χ0v) is 36.1. The van der Waals surface area contributed by atoms with E-state index >= 15 is 0 Å². The van der Waals surface area contributed by atoms with Crippen LogP contribution in [0.4, 0.5) is 9.59 Å². The third kappa shape index (κ3) is 12.4. The highest BCUT2D eigenvalue weighted by Gasteiger charge is 2.44. The second-order valence-corrected chi connectivity index (χ2v) is 18.1. The lowest BCUT2D eigenvalue weighted by Gasteiger charge is -2.38. The van der Waals surface area contributed by atoms with E-state index in [1.807, 2.05) is 120 Å². The van der Waals surface area contributed by atoms with Gasteiger partial charge in [0, 0.05) is 36.6 Å². The van der Waals surface area contributed by atoms with Crippen LogP contribution in [-0.2, 0) is 29.0 Å². The standard InChI is InChI=1S/C47H61N7O6/c1-30-21-22-48-37(25-30)34-19-17-33(18-20-34)27-38(51-42(56)40(46(3,4)5)52-44(58)59)39(55)28-36(26-32-14-10-9-11-15-32)50-43(57)41(47(6,7)8)54-24-23-53(45(54)60)29-35-16-12-13-31(2)49-35/h9-22,25,36,38-41,52,55H,23-24,26-29H2,1-8H3,(H,50,57)(H,51,56)(H,58,59)/t36-,38-,39+,40+,41+/m0/s1. The van der Waals surface area contributed by atoms with Crippen LogP contribution < -0.4 is 16.0 Å². The fourth-order valence-electron chi connectivity index (χ4n) is 7.81. The van der Waals surface area contributed by atoms with Crippen LogP contribution in [0.25, 0.3) is 11.3 Å². The Morgan fingerprint density at radius 2 is 1.47 bits per heavy atom. The van der Waals surface area contributed by atoms with E-state index in [1.165, 1.54) is 0 Å². The van der Waals surface area contributed by atoms with Gasteiger partial charge in [0.05, 0.1) is 30.1 Å². The first-order chi connectivity index (χ1) is 28.3. The second-order valence-electron chi connectivity index (χ2n) is 18.1. The van der Waals surface area contributed by atoms with E-state index in [9.17, 15) is 29.4 Å². The van der Waals surface area contributed by atoms with E-state index in [0.717, 1.165) is 39.3 Å². The molecule has 0 bridgehead atoms. The quantitative estimate of drug-likeness (QED) is 0.0875. The summed E-state index contributed by atoms with van der Waals surface area (Å²) in [6, 6.07) is 23.3. The van der Waals surface area contributed by atoms with Crippen molar-refractivity contribution < 1.29 is 29.4 Å². The molecule has 0 aliphatic carbocycles. The van der Waals surface area contributed by atoms with Crippen LogP contribution >= 0.6 is 0 Å². The Balaban J connectivity index is 1.42. The third-order valence-electron chi connectivity index (χ3n) is 10.8. The van der Waals surface area contributed by atoms with Crippen molar-refractivity contribution in [1.82, 2.24) is 35.7 Å². The van der Waals surface area contributed by atoms with Gasteiger partial charge in [-0.05, 0) is 84.9 Å². The number of aliphatic hydroxyl groups is 1. The lowest BCUT2D eigenvalue weighted by Crippen LogP contribution is -2.59. The number of benzene rings is 2. The van der Waals surface area contributed by atoms with Gasteiger partial charge in [-0.3, -0.25) is 19.6 Å². The van der Waals surface area contributed by atoms with Gasteiger partial charge in [-0.15, -0.1) is 0 Å². The monoisotopic (exact) mass is 819 g/mol. The number of aryl methyl sites for hydroxylation is 2. The Morgan fingerprint density at radius 1 is 0.783 bits per heavy atom.